The smallest absolute Gasteiger partial charge is 0.453 e. The van der Waals surface area contributed by atoms with Gasteiger partial charge in [0.25, 0.3) is 0 Å². The van der Waals surface area contributed by atoms with E-state index in [9.17, 15) is 35.9 Å². The molecule has 2 aliphatic rings. The Morgan fingerprint density at radius 3 is 1.98 bits per heavy atom. The fourth-order valence-electron chi connectivity index (χ4n) is 6.03. The van der Waals surface area contributed by atoms with Crippen molar-refractivity contribution < 1.29 is 58.6 Å². The number of carbonyl (C=O) groups is 2. The van der Waals surface area contributed by atoms with Crippen molar-refractivity contribution in [2.45, 2.75) is 69.9 Å². The summed E-state index contributed by atoms with van der Waals surface area (Å²) in [6.07, 6.45) is -17.6. The molecule has 1 unspecified atom stereocenters. The molecule has 0 radical (unpaired) electrons. The van der Waals surface area contributed by atoms with Gasteiger partial charge >= 0.3 is 30.8 Å². The van der Waals surface area contributed by atoms with Gasteiger partial charge in [-0.05, 0) is 43.5 Å². The molecule has 43 heavy (non-hydrogen) atoms. The van der Waals surface area contributed by atoms with E-state index in [-0.39, 0.29) is 18.2 Å². The van der Waals surface area contributed by atoms with E-state index in [0.29, 0.717) is 31.4 Å². The monoisotopic (exact) mass is 627 g/mol. The minimum atomic E-state index is -5.20. The average Bonchev–Trinajstić information content (AvgIpc) is 2.88. The number of para-hydroxylation sites is 1. The summed E-state index contributed by atoms with van der Waals surface area (Å²) < 4.78 is 134. The normalized spacial score (nSPS) is 22.8. The molecule has 1 saturated carbocycles. The number of hydrogen-bond acceptors (Lipinski definition) is 4. The van der Waals surface area contributed by atoms with E-state index < -0.39 is 88.7 Å². The maximum absolute atomic E-state index is 15.2. The van der Waals surface area contributed by atoms with E-state index in [4.69, 9.17) is 9.47 Å². The Morgan fingerprint density at radius 1 is 0.930 bits per heavy atom. The molecule has 1 fully saturated rings. The molecular formula is C28H28F9N2O4+. The van der Waals surface area contributed by atoms with Crippen LogP contribution >= 0.6 is 0 Å². The van der Waals surface area contributed by atoms with E-state index >= 15 is 13.2 Å². The maximum atomic E-state index is 15.2. The van der Waals surface area contributed by atoms with Gasteiger partial charge in [0.1, 0.15) is 6.04 Å². The van der Waals surface area contributed by atoms with Crippen LogP contribution in [0.25, 0.3) is 0 Å². The lowest BCUT2D eigenvalue weighted by atomic mass is 9.72. The van der Waals surface area contributed by atoms with Crippen LogP contribution in [0.1, 0.15) is 60.9 Å². The van der Waals surface area contributed by atoms with Crippen molar-refractivity contribution in [2.24, 2.45) is 5.92 Å². The third-order valence-corrected chi connectivity index (χ3v) is 8.07. The number of halogens is 9. The SMILES string of the molecule is CCOC(=O)[N@+]1(C(F)(F)F)c2ccccc2C(N(Cc2cc(C(F)(F)F)cc(C(F)(F)F)c2)C(=O)OC)C[C@@H]1C1CCC1. The molecule has 236 valence electrons. The van der Waals surface area contributed by atoms with Crippen molar-refractivity contribution in [1.29, 1.82) is 0 Å². The first-order chi connectivity index (χ1) is 20.0. The number of fused-ring (bicyclic) bond motifs is 1. The summed E-state index contributed by atoms with van der Waals surface area (Å²) in [6, 6.07) is 2.93. The molecule has 1 aliphatic carbocycles. The van der Waals surface area contributed by atoms with Gasteiger partial charge in [-0.15, -0.1) is 13.2 Å². The fourth-order valence-corrected chi connectivity index (χ4v) is 6.03. The highest BCUT2D eigenvalue weighted by molar-refractivity contribution is 5.86. The number of rotatable bonds is 5. The number of quaternary nitrogens is 1. The minimum Gasteiger partial charge on any atom is -0.453 e. The summed E-state index contributed by atoms with van der Waals surface area (Å²) >= 11 is 0. The maximum Gasteiger partial charge on any atom is 0.576 e. The van der Waals surface area contributed by atoms with E-state index in [0.717, 1.165) is 18.1 Å². The van der Waals surface area contributed by atoms with Crippen LogP contribution in [0.5, 0.6) is 0 Å². The third-order valence-electron chi connectivity index (χ3n) is 8.07. The highest BCUT2D eigenvalue weighted by atomic mass is 19.4. The quantitative estimate of drug-likeness (QED) is 0.189. The summed E-state index contributed by atoms with van der Waals surface area (Å²) in [7, 11) is 0.926. The first-order valence-corrected chi connectivity index (χ1v) is 13.3. The standard InChI is InChI=1S/C28H28F9N2O4/c1-3-43-25(41)39(28(35,36)37)22-10-5-4-9-20(22)21(14-23(39)17-7-6-8-17)38(24(40)42-2)15-16-11-18(26(29,30)31)13-19(12-16)27(32,33)34/h4-5,9-13,17,21,23H,3,6-8,14-15H2,1-2H3/q+1/t21?,23-,39+/m1/s1. The second kappa shape index (κ2) is 11.5. The molecule has 4 rings (SSSR count). The fraction of sp³-hybridized carbons (Fsp3) is 0.500. The Labute approximate surface area is 240 Å². The second-order valence-corrected chi connectivity index (χ2v) is 10.5. The van der Waals surface area contributed by atoms with Gasteiger partial charge in [0, 0.05) is 30.5 Å². The number of amides is 2. The van der Waals surface area contributed by atoms with Crippen LogP contribution < -0.4 is 4.48 Å². The van der Waals surface area contributed by atoms with Gasteiger partial charge in [-0.2, -0.15) is 31.1 Å². The van der Waals surface area contributed by atoms with Crippen molar-refractivity contribution >= 4 is 17.9 Å². The van der Waals surface area contributed by atoms with Gasteiger partial charge in [-0.3, -0.25) is 4.90 Å². The number of hydrogen-bond donors (Lipinski definition) is 0. The van der Waals surface area contributed by atoms with Crippen molar-refractivity contribution in [3.05, 3.63) is 64.7 Å². The summed E-state index contributed by atoms with van der Waals surface area (Å²) in [5.41, 5.74) is -4.52. The Balaban J connectivity index is 1.92. The number of methoxy groups -OCH3 is 1. The first-order valence-electron chi connectivity index (χ1n) is 13.3. The molecule has 1 aliphatic heterocycles. The van der Waals surface area contributed by atoms with Gasteiger partial charge in [-0.1, -0.05) is 29.1 Å². The van der Waals surface area contributed by atoms with Gasteiger partial charge in [0.05, 0.1) is 30.9 Å². The molecule has 2 amide bonds. The topological polar surface area (TPSA) is 55.8 Å². The summed E-state index contributed by atoms with van der Waals surface area (Å²) in [6.45, 7) is 0.135. The largest absolute Gasteiger partial charge is 0.576 e. The molecule has 6 nitrogen and oxygen atoms in total. The van der Waals surface area contributed by atoms with Crippen LogP contribution in [0, 0.1) is 5.92 Å². The van der Waals surface area contributed by atoms with Crippen molar-refractivity contribution in [1.82, 2.24) is 9.38 Å². The molecule has 2 aromatic carbocycles. The van der Waals surface area contributed by atoms with Crippen LogP contribution in [-0.4, -0.2) is 43.1 Å². The Kier molecular flexibility index (Phi) is 8.70. The zero-order chi connectivity index (χ0) is 32.0. The van der Waals surface area contributed by atoms with Crippen LogP contribution in [0.15, 0.2) is 42.5 Å². The first kappa shape index (κ1) is 32.4. The lowest BCUT2D eigenvalue weighted by Gasteiger charge is -2.51. The zero-order valence-electron chi connectivity index (χ0n) is 22.9. The van der Waals surface area contributed by atoms with E-state index in [2.05, 4.69) is 0 Å². The number of alkyl halides is 9. The van der Waals surface area contributed by atoms with Crippen molar-refractivity contribution in [3.8, 4) is 0 Å². The highest BCUT2D eigenvalue weighted by Crippen LogP contribution is 2.55. The second-order valence-electron chi connectivity index (χ2n) is 10.5. The van der Waals surface area contributed by atoms with Crippen LogP contribution in [-0.2, 0) is 28.4 Å². The molecule has 1 heterocycles. The van der Waals surface area contributed by atoms with Gasteiger partial charge in [0.15, 0.2) is 5.69 Å². The summed E-state index contributed by atoms with van der Waals surface area (Å²) in [5.74, 6) is -0.647. The third kappa shape index (κ3) is 5.87. The Bertz CT molecular complexity index is 1320. The minimum absolute atomic E-state index is 0.0664. The molecule has 0 saturated heterocycles. The van der Waals surface area contributed by atoms with Gasteiger partial charge < -0.3 is 9.47 Å². The van der Waals surface area contributed by atoms with Crippen molar-refractivity contribution in [3.63, 3.8) is 0 Å². The average molecular weight is 628 g/mol. The lowest BCUT2D eigenvalue weighted by Crippen LogP contribution is -2.73. The molecule has 0 aromatic heterocycles. The van der Waals surface area contributed by atoms with Crippen LogP contribution in [0.2, 0.25) is 0 Å². The van der Waals surface area contributed by atoms with Crippen LogP contribution in [0.4, 0.5) is 54.8 Å². The van der Waals surface area contributed by atoms with Crippen LogP contribution in [0.3, 0.4) is 0 Å². The molecular weight excluding hydrogens is 599 g/mol. The van der Waals surface area contributed by atoms with Gasteiger partial charge in [-0.25, -0.2) is 4.79 Å². The van der Waals surface area contributed by atoms with E-state index in [1.165, 1.54) is 25.1 Å². The number of carbonyl (C=O) groups excluding carboxylic acids is 2. The van der Waals surface area contributed by atoms with E-state index in [1.807, 2.05) is 0 Å². The van der Waals surface area contributed by atoms with E-state index in [1.54, 1.807) is 0 Å². The lowest BCUT2D eigenvalue weighted by molar-refractivity contribution is -0.246. The number of nitrogens with zero attached hydrogens (tertiary/aromatic N) is 2. The summed E-state index contributed by atoms with van der Waals surface area (Å²) in [5, 5.41) is 0. The molecule has 0 bridgehead atoms. The summed E-state index contributed by atoms with van der Waals surface area (Å²) in [4.78, 5) is 27.2. The zero-order valence-corrected chi connectivity index (χ0v) is 22.9. The molecule has 0 spiro atoms. The molecule has 15 heteroatoms. The predicted octanol–water partition coefficient (Wildman–Crippen LogP) is 8.59. The highest BCUT2D eigenvalue weighted by Gasteiger charge is 2.72. The Morgan fingerprint density at radius 2 is 1.51 bits per heavy atom. The molecule has 3 atom stereocenters. The number of benzene rings is 2. The molecule has 0 N–H and O–H groups in total. The molecule has 2 aromatic rings. The van der Waals surface area contributed by atoms with Gasteiger partial charge in [0.2, 0.25) is 0 Å². The number of ether oxygens (including phenoxy) is 2. The van der Waals surface area contributed by atoms with Crippen molar-refractivity contribution in [2.75, 3.05) is 13.7 Å². The Hall–Kier alpha value is -3.49. The predicted molar refractivity (Wildman–Crippen MR) is 134 cm³/mol.